The van der Waals surface area contributed by atoms with Gasteiger partial charge in [0.25, 0.3) is 0 Å². The number of thiophene rings is 1. The second-order valence-electron chi connectivity index (χ2n) is 4.11. The zero-order chi connectivity index (χ0) is 12.4. The molecule has 0 saturated carbocycles. The van der Waals surface area contributed by atoms with Crippen molar-refractivity contribution in [3.8, 4) is 0 Å². The van der Waals surface area contributed by atoms with E-state index in [-0.39, 0.29) is 0 Å². The molecule has 0 fully saturated rings. The molecule has 1 N–H and O–H groups in total. The Hall–Kier alpha value is -1.94. The summed E-state index contributed by atoms with van der Waals surface area (Å²) in [6.07, 6.45) is 1.60. The number of anilines is 1. The molecule has 2 aromatic heterocycles. The number of aryl methyl sites for hydroxylation is 1. The molecule has 1 aromatic carbocycles. The van der Waals surface area contributed by atoms with Crippen molar-refractivity contribution >= 4 is 28.1 Å². The first-order valence-corrected chi connectivity index (χ1v) is 6.63. The molecule has 0 amide bonds. The number of aromatic nitrogens is 2. The van der Waals surface area contributed by atoms with E-state index in [9.17, 15) is 0 Å². The van der Waals surface area contributed by atoms with Crippen LogP contribution in [0.25, 0.3) is 10.9 Å². The Kier molecular flexibility index (Phi) is 2.94. The second kappa shape index (κ2) is 4.74. The zero-order valence-corrected chi connectivity index (χ0v) is 10.9. The van der Waals surface area contributed by atoms with Crippen LogP contribution in [0.2, 0.25) is 0 Å². The van der Waals surface area contributed by atoms with Crippen LogP contribution in [-0.2, 0) is 6.54 Å². The monoisotopic (exact) mass is 255 g/mol. The highest BCUT2D eigenvalue weighted by atomic mass is 32.1. The van der Waals surface area contributed by atoms with Crippen LogP contribution >= 0.6 is 11.3 Å². The summed E-state index contributed by atoms with van der Waals surface area (Å²) < 4.78 is 0. The van der Waals surface area contributed by atoms with Gasteiger partial charge < -0.3 is 5.32 Å². The molecule has 0 radical (unpaired) electrons. The van der Waals surface area contributed by atoms with Gasteiger partial charge in [-0.15, -0.1) is 11.3 Å². The van der Waals surface area contributed by atoms with Crippen molar-refractivity contribution in [3.05, 3.63) is 52.5 Å². The molecule has 0 saturated heterocycles. The molecular formula is C14H13N3S. The van der Waals surface area contributed by atoms with Crippen LogP contribution in [0.1, 0.15) is 9.75 Å². The Morgan fingerprint density at radius 2 is 2.00 bits per heavy atom. The quantitative estimate of drug-likeness (QED) is 0.777. The minimum atomic E-state index is 0.805. The molecule has 3 aromatic rings. The van der Waals surface area contributed by atoms with E-state index < -0.39 is 0 Å². The molecule has 0 aliphatic carbocycles. The van der Waals surface area contributed by atoms with Gasteiger partial charge in [-0.2, -0.15) is 0 Å². The van der Waals surface area contributed by atoms with Crippen LogP contribution in [0.4, 0.5) is 5.82 Å². The van der Waals surface area contributed by atoms with Crippen molar-refractivity contribution in [1.29, 1.82) is 0 Å². The first-order chi connectivity index (χ1) is 8.83. The van der Waals surface area contributed by atoms with E-state index in [0.717, 1.165) is 23.3 Å². The lowest BCUT2D eigenvalue weighted by molar-refractivity contribution is 1.13. The van der Waals surface area contributed by atoms with Gasteiger partial charge in [0.05, 0.1) is 12.1 Å². The number of hydrogen-bond donors (Lipinski definition) is 1. The van der Waals surface area contributed by atoms with Crippen molar-refractivity contribution in [2.75, 3.05) is 5.32 Å². The molecule has 0 aliphatic rings. The van der Waals surface area contributed by atoms with E-state index in [1.54, 1.807) is 17.7 Å². The predicted octanol–water partition coefficient (Wildman–Crippen LogP) is 3.61. The van der Waals surface area contributed by atoms with E-state index in [1.807, 2.05) is 24.3 Å². The second-order valence-corrected chi connectivity index (χ2v) is 5.48. The minimum absolute atomic E-state index is 0.805. The highest BCUT2D eigenvalue weighted by Gasteiger charge is 2.03. The topological polar surface area (TPSA) is 37.8 Å². The van der Waals surface area contributed by atoms with Crippen LogP contribution in [-0.4, -0.2) is 9.97 Å². The van der Waals surface area contributed by atoms with Crippen molar-refractivity contribution in [2.45, 2.75) is 13.5 Å². The number of para-hydroxylation sites is 1. The maximum Gasteiger partial charge on any atom is 0.137 e. The molecule has 3 nitrogen and oxygen atoms in total. The molecule has 0 unspecified atom stereocenters. The fourth-order valence-corrected chi connectivity index (χ4v) is 2.73. The Balaban J connectivity index is 1.86. The zero-order valence-electron chi connectivity index (χ0n) is 10.1. The average Bonchev–Trinajstić information content (AvgIpc) is 2.82. The van der Waals surface area contributed by atoms with Gasteiger partial charge in [0.1, 0.15) is 12.1 Å². The van der Waals surface area contributed by atoms with Crippen molar-refractivity contribution in [1.82, 2.24) is 9.97 Å². The molecule has 2 heterocycles. The summed E-state index contributed by atoms with van der Waals surface area (Å²) in [5.74, 6) is 0.895. The number of fused-ring (bicyclic) bond motifs is 1. The number of benzene rings is 1. The summed E-state index contributed by atoms with van der Waals surface area (Å²) in [5.41, 5.74) is 0.970. The molecule has 90 valence electrons. The normalized spacial score (nSPS) is 10.7. The van der Waals surface area contributed by atoms with Crippen LogP contribution in [0.3, 0.4) is 0 Å². The summed E-state index contributed by atoms with van der Waals surface area (Å²) in [7, 11) is 0. The maximum atomic E-state index is 4.31. The average molecular weight is 255 g/mol. The van der Waals surface area contributed by atoms with E-state index in [1.165, 1.54) is 9.75 Å². The van der Waals surface area contributed by atoms with Gasteiger partial charge in [0.15, 0.2) is 0 Å². The van der Waals surface area contributed by atoms with Crippen LogP contribution in [0.15, 0.2) is 42.7 Å². The third-order valence-electron chi connectivity index (χ3n) is 2.77. The summed E-state index contributed by atoms with van der Waals surface area (Å²) in [5, 5.41) is 4.44. The Morgan fingerprint density at radius 3 is 2.83 bits per heavy atom. The molecule has 0 aliphatic heterocycles. The van der Waals surface area contributed by atoms with Gasteiger partial charge >= 0.3 is 0 Å². The number of rotatable bonds is 3. The SMILES string of the molecule is Cc1ccc(CNc2ncnc3ccccc23)s1. The van der Waals surface area contributed by atoms with Gasteiger partial charge in [-0.25, -0.2) is 9.97 Å². The summed E-state index contributed by atoms with van der Waals surface area (Å²) in [4.78, 5) is 11.2. The Labute approximate surface area is 110 Å². The standard InChI is InChI=1S/C14H13N3S/c1-10-6-7-11(18-10)8-15-14-12-4-2-3-5-13(12)16-9-17-14/h2-7,9H,8H2,1H3,(H,15,16,17). The molecule has 4 heteroatoms. The van der Waals surface area contributed by atoms with E-state index in [2.05, 4.69) is 34.3 Å². The molecule has 0 atom stereocenters. The van der Waals surface area contributed by atoms with Crippen LogP contribution in [0.5, 0.6) is 0 Å². The molecule has 0 bridgehead atoms. The molecule has 0 spiro atoms. The van der Waals surface area contributed by atoms with Gasteiger partial charge in [0.2, 0.25) is 0 Å². The highest BCUT2D eigenvalue weighted by molar-refractivity contribution is 7.11. The van der Waals surface area contributed by atoms with Gasteiger partial charge in [-0.05, 0) is 31.2 Å². The number of nitrogens with one attached hydrogen (secondary N) is 1. The largest absolute Gasteiger partial charge is 0.365 e. The fraction of sp³-hybridized carbons (Fsp3) is 0.143. The van der Waals surface area contributed by atoms with Gasteiger partial charge in [-0.1, -0.05) is 12.1 Å². The molecule has 3 rings (SSSR count). The van der Waals surface area contributed by atoms with Crippen molar-refractivity contribution in [3.63, 3.8) is 0 Å². The van der Waals surface area contributed by atoms with Gasteiger partial charge in [0, 0.05) is 15.1 Å². The van der Waals surface area contributed by atoms with E-state index in [4.69, 9.17) is 0 Å². The number of hydrogen-bond acceptors (Lipinski definition) is 4. The molecule has 18 heavy (non-hydrogen) atoms. The van der Waals surface area contributed by atoms with E-state index >= 15 is 0 Å². The minimum Gasteiger partial charge on any atom is -0.365 e. The first-order valence-electron chi connectivity index (χ1n) is 5.82. The van der Waals surface area contributed by atoms with Gasteiger partial charge in [-0.3, -0.25) is 0 Å². The van der Waals surface area contributed by atoms with Crippen molar-refractivity contribution in [2.24, 2.45) is 0 Å². The molecular weight excluding hydrogens is 242 g/mol. The lowest BCUT2D eigenvalue weighted by Gasteiger charge is -2.06. The Bertz CT molecular complexity index is 670. The highest BCUT2D eigenvalue weighted by Crippen LogP contribution is 2.21. The van der Waals surface area contributed by atoms with Crippen LogP contribution in [0, 0.1) is 6.92 Å². The van der Waals surface area contributed by atoms with Crippen molar-refractivity contribution < 1.29 is 0 Å². The lowest BCUT2D eigenvalue weighted by atomic mass is 10.2. The summed E-state index contributed by atoms with van der Waals surface area (Å²) >= 11 is 1.81. The lowest BCUT2D eigenvalue weighted by Crippen LogP contribution is -2.00. The van der Waals surface area contributed by atoms with E-state index in [0.29, 0.717) is 0 Å². The summed E-state index contributed by atoms with van der Waals surface area (Å²) in [6, 6.07) is 12.3. The Morgan fingerprint density at radius 1 is 1.11 bits per heavy atom. The third kappa shape index (κ3) is 2.19. The number of nitrogens with zero attached hydrogens (tertiary/aromatic N) is 2. The first kappa shape index (κ1) is 11.2. The smallest absolute Gasteiger partial charge is 0.137 e. The van der Waals surface area contributed by atoms with Crippen LogP contribution < -0.4 is 5.32 Å². The maximum absolute atomic E-state index is 4.31. The summed E-state index contributed by atoms with van der Waals surface area (Å²) in [6.45, 7) is 2.92. The predicted molar refractivity (Wildman–Crippen MR) is 75.9 cm³/mol. The fourth-order valence-electron chi connectivity index (χ4n) is 1.90. The third-order valence-corrected chi connectivity index (χ3v) is 3.77.